The van der Waals surface area contributed by atoms with Crippen molar-refractivity contribution in [2.75, 3.05) is 0 Å². The molecule has 1 amide bonds. The van der Waals surface area contributed by atoms with Crippen molar-refractivity contribution in [2.24, 2.45) is 11.7 Å². The second-order valence-electron chi connectivity index (χ2n) is 2.02. The number of primary amides is 1. The molecule has 51 valence electrons. The fraction of sp³-hybridized carbons (Fsp3) is 0.667. The van der Waals surface area contributed by atoms with Gasteiger partial charge in [0.2, 0.25) is 12.2 Å². The quantitative estimate of drug-likeness (QED) is 0.579. The van der Waals surface area contributed by atoms with Crippen molar-refractivity contribution in [3.05, 3.63) is 0 Å². The topological polar surface area (TPSA) is 60.2 Å². The third-order valence-corrected chi connectivity index (χ3v) is 1.02. The number of nitrogens with two attached hydrogens (primary N) is 1. The molecule has 9 heavy (non-hydrogen) atoms. The molecular weight excluding hydrogens is 118 g/mol. The van der Waals surface area contributed by atoms with Gasteiger partial charge in [-0.25, -0.2) is 0 Å². The lowest BCUT2D eigenvalue weighted by molar-refractivity contribution is -0.118. The highest BCUT2D eigenvalue weighted by molar-refractivity contribution is 5.74. The summed E-state index contributed by atoms with van der Waals surface area (Å²) in [4.78, 5) is 20.0. The van der Waals surface area contributed by atoms with Gasteiger partial charge in [-0.3, -0.25) is 9.59 Å². The lowest BCUT2D eigenvalue weighted by Crippen LogP contribution is -2.11. The number of carbonyl (C=O) groups excluding carboxylic acids is 2. The largest absolute Gasteiger partial charge is 0.370 e. The van der Waals surface area contributed by atoms with E-state index in [9.17, 15) is 9.59 Å². The third-order valence-electron chi connectivity index (χ3n) is 1.02. The van der Waals surface area contributed by atoms with E-state index in [0.29, 0.717) is 6.42 Å². The molecule has 0 aromatic rings. The first kappa shape index (κ1) is 8.14. The molecule has 0 fully saturated rings. The second kappa shape index (κ2) is 4.06. The predicted molar refractivity (Wildman–Crippen MR) is 33.3 cm³/mol. The van der Waals surface area contributed by atoms with Gasteiger partial charge in [0.1, 0.15) is 0 Å². The smallest absolute Gasteiger partial charge is 0.217 e. The summed E-state index contributed by atoms with van der Waals surface area (Å²) in [5, 5.41) is 0. The lowest BCUT2D eigenvalue weighted by Gasteiger charge is -1.96. The summed E-state index contributed by atoms with van der Waals surface area (Å²) >= 11 is 0. The maximum atomic E-state index is 10.1. The molecule has 3 nitrogen and oxygen atoms in total. The van der Waals surface area contributed by atoms with Crippen molar-refractivity contribution >= 4 is 12.2 Å². The SMILES string of the molecule is CC([C]=O)CCC(N)=O. The molecular formula is C6H10NO2. The van der Waals surface area contributed by atoms with Gasteiger partial charge in [-0.05, 0) is 6.42 Å². The van der Waals surface area contributed by atoms with Crippen LogP contribution in [0.4, 0.5) is 0 Å². The zero-order valence-corrected chi connectivity index (χ0v) is 5.39. The number of amides is 1. The summed E-state index contributed by atoms with van der Waals surface area (Å²) in [5.74, 6) is -0.533. The van der Waals surface area contributed by atoms with Crippen LogP contribution >= 0.6 is 0 Å². The summed E-state index contributed by atoms with van der Waals surface area (Å²) in [5.41, 5.74) is 4.83. The fourth-order valence-electron chi connectivity index (χ4n) is 0.418. The molecule has 0 rings (SSSR count). The highest BCUT2D eigenvalue weighted by atomic mass is 16.1. The molecule has 2 N–H and O–H groups in total. The molecule has 0 aromatic carbocycles. The van der Waals surface area contributed by atoms with Crippen LogP contribution in [0, 0.1) is 5.92 Å². The summed E-state index contributed by atoms with van der Waals surface area (Å²) in [6.45, 7) is 1.70. The van der Waals surface area contributed by atoms with Crippen molar-refractivity contribution in [3.63, 3.8) is 0 Å². The Morgan fingerprint density at radius 2 is 2.33 bits per heavy atom. The zero-order valence-electron chi connectivity index (χ0n) is 5.39. The van der Waals surface area contributed by atoms with Crippen LogP contribution in [0.2, 0.25) is 0 Å². The zero-order chi connectivity index (χ0) is 7.28. The molecule has 0 aliphatic carbocycles. The third kappa shape index (κ3) is 5.00. The van der Waals surface area contributed by atoms with Crippen LogP contribution in [0.5, 0.6) is 0 Å². The Bertz CT molecular complexity index is 112. The van der Waals surface area contributed by atoms with Gasteiger partial charge in [0.15, 0.2) is 0 Å². The minimum Gasteiger partial charge on any atom is -0.370 e. The van der Waals surface area contributed by atoms with Crippen LogP contribution in [0.3, 0.4) is 0 Å². The Morgan fingerprint density at radius 3 is 2.67 bits per heavy atom. The van der Waals surface area contributed by atoms with Crippen LogP contribution in [0.15, 0.2) is 0 Å². The first-order chi connectivity index (χ1) is 4.16. The first-order valence-electron chi connectivity index (χ1n) is 2.82. The van der Waals surface area contributed by atoms with Gasteiger partial charge in [-0.2, -0.15) is 0 Å². The fourth-order valence-corrected chi connectivity index (χ4v) is 0.418. The number of hydrogen-bond donors (Lipinski definition) is 1. The van der Waals surface area contributed by atoms with Gasteiger partial charge in [0.05, 0.1) is 0 Å². The molecule has 1 radical (unpaired) electrons. The Balaban J connectivity index is 3.26. The highest BCUT2D eigenvalue weighted by Crippen LogP contribution is 1.99. The molecule has 3 heteroatoms. The Kier molecular flexibility index (Phi) is 3.67. The predicted octanol–water partition coefficient (Wildman–Crippen LogP) is -0.00230. The standard InChI is InChI=1S/C6H10NO2/c1-5(4-8)2-3-6(7)9/h5H,2-3H2,1H3,(H2,7,9). The van der Waals surface area contributed by atoms with Crippen molar-refractivity contribution in [1.82, 2.24) is 0 Å². The number of carbonyl (C=O) groups is 1. The van der Waals surface area contributed by atoms with Gasteiger partial charge in [0.25, 0.3) is 0 Å². The van der Waals surface area contributed by atoms with Gasteiger partial charge < -0.3 is 5.73 Å². The van der Waals surface area contributed by atoms with Crippen LogP contribution in [0.25, 0.3) is 0 Å². The van der Waals surface area contributed by atoms with E-state index in [4.69, 9.17) is 5.73 Å². The molecule has 1 atom stereocenters. The lowest BCUT2D eigenvalue weighted by atomic mass is 10.1. The maximum Gasteiger partial charge on any atom is 0.217 e. The molecule has 0 saturated carbocycles. The summed E-state index contributed by atoms with van der Waals surface area (Å²) < 4.78 is 0. The van der Waals surface area contributed by atoms with Gasteiger partial charge in [0, 0.05) is 12.3 Å². The maximum absolute atomic E-state index is 10.1. The summed E-state index contributed by atoms with van der Waals surface area (Å²) in [7, 11) is 0. The monoisotopic (exact) mass is 128 g/mol. The number of hydrogen-bond acceptors (Lipinski definition) is 2. The van der Waals surface area contributed by atoms with E-state index in [1.165, 1.54) is 0 Å². The van der Waals surface area contributed by atoms with E-state index in [-0.39, 0.29) is 18.2 Å². The first-order valence-corrected chi connectivity index (χ1v) is 2.82. The van der Waals surface area contributed by atoms with E-state index in [1.807, 2.05) is 0 Å². The van der Waals surface area contributed by atoms with E-state index in [1.54, 1.807) is 13.2 Å². The molecule has 0 aromatic heterocycles. The van der Waals surface area contributed by atoms with Gasteiger partial charge in [-0.1, -0.05) is 6.92 Å². The molecule has 0 saturated heterocycles. The number of rotatable bonds is 4. The molecule has 0 heterocycles. The molecule has 0 bridgehead atoms. The molecule has 0 aliphatic rings. The molecule has 0 aliphatic heterocycles. The average Bonchev–Trinajstić information content (AvgIpc) is 1.83. The van der Waals surface area contributed by atoms with E-state index >= 15 is 0 Å². The van der Waals surface area contributed by atoms with Crippen LogP contribution < -0.4 is 5.73 Å². The van der Waals surface area contributed by atoms with Crippen molar-refractivity contribution in [2.45, 2.75) is 19.8 Å². The van der Waals surface area contributed by atoms with E-state index in [0.717, 1.165) is 0 Å². The van der Waals surface area contributed by atoms with E-state index in [2.05, 4.69) is 0 Å². The van der Waals surface area contributed by atoms with Crippen molar-refractivity contribution in [3.8, 4) is 0 Å². The summed E-state index contributed by atoms with van der Waals surface area (Å²) in [6.07, 6.45) is 2.55. The van der Waals surface area contributed by atoms with Crippen molar-refractivity contribution < 1.29 is 9.59 Å². The Morgan fingerprint density at radius 1 is 1.78 bits per heavy atom. The Hall–Kier alpha value is -0.860. The highest BCUT2D eigenvalue weighted by Gasteiger charge is 2.01. The molecule has 0 spiro atoms. The van der Waals surface area contributed by atoms with Crippen LogP contribution in [-0.4, -0.2) is 12.2 Å². The summed E-state index contributed by atoms with van der Waals surface area (Å²) in [6, 6.07) is 0. The minimum absolute atomic E-state index is 0.169. The van der Waals surface area contributed by atoms with Crippen molar-refractivity contribution in [1.29, 1.82) is 0 Å². The Labute approximate surface area is 54.2 Å². The molecule has 1 unspecified atom stereocenters. The van der Waals surface area contributed by atoms with Crippen LogP contribution in [0.1, 0.15) is 19.8 Å². The minimum atomic E-state index is -0.364. The normalized spacial score (nSPS) is 12.6. The van der Waals surface area contributed by atoms with E-state index < -0.39 is 0 Å². The van der Waals surface area contributed by atoms with Crippen LogP contribution in [-0.2, 0) is 9.59 Å². The second-order valence-corrected chi connectivity index (χ2v) is 2.02. The van der Waals surface area contributed by atoms with Gasteiger partial charge >= 0.3 is 0 Å². The van der Waals surface area contributed by atoms with Gasteiger partial charge in [-0.15, -0.1) is 0 Å². The average molecular weight is 128 g/mol.